The monoisotopic (exact) mass is 782 g/mol. The lowest BCUT2D eigenvalue weighted by Crippen LogP contribution is -2.28. The number of fused-ring (bicyclic) bond motifs is 1. The van der Waals surface area contributed by atoms with Gasteiger partial charge in [0.2, 0.25) is 0 Å². The van der Waals surface area contributed by atoms with Crippen LogP contribution in [0, 0.1) is 58.5 Å². The van der Waals surface area contributed by atoms with E-state index in [1.165, 1.54) is 7.14 Å². The molecule has 2 fully saturated rings. The Hall–Kier alpha value is -1.75. The number of aliphatic hydroxyl groups excluding tert-OH is 1. The number of ether oxygens (including phenoxy) is 1. The first kappa shape index (κ1) is 32.2. The number of rotatable bonds is 6. The number of hydrogen-bond acceptors (Lipinski definition) is 5. The molecule has 1 N–H and O–H groups in total. The van der Waals surface area contributed by atoms with Crippen molar-refractivity contribution in [1.82, 2.24) is 0 Å². The van der Waals surface area contributed by atoms with Gasteiger partial charge in [0, 0.05) is 31.3 Å². The van der Waals surface area contributed by atoms with Gasteiger partial charge in [-0.05, 0) is 163 Å². The summed E-state index contributed by atoms with van der Waals surface area (Å²) in [6.45, 7) is 10.3. The van der Waals surface area contributed by atoms with E-state index in [4.69, 9.17) is 4.74 Å². The van der Waals surface area contributed by atoms with Gasteiger partial charge in [0.05, 0.1) is 18.1 Å². The zero-order valence-corrected chi connectivity index (χ0v) is 28.9. The average Bonchev–Trinajstić information content (AvgIpc) is 3.62. The number of carbonyl (C=O) groups excluding carboxylic acids is 3. The molecule has 5 nitrogen and oxygen atoms in total. The second-order valence-electron chi connectivity index (χ2n) is 11.7. The van der Waals surface area contributed by atoms with Gasteiger partial charge in [-0.3, -0.25) is 14.4 Å². The minimum atomic E-state index is -0.239. The minimum Gasteiger partial charge on any atom is -0.511 e. The number of carbonyl (C=O) groups is 3. The Morgan fingerprint density at radius 3 is 1.90 bits per heavy atom. The van der Waals surface area contributed by atoms with Crippen LogP contribution in [-0.4, -0.2) is 29.2 Å². The molecule has 0 heterocycles. The van der Waals surface area contributed by atoms with Crippen LogP contribution in [0.3, 0.4) is 0 Å². The van der Waals surface area contributed by atoms with Gasteiger partial charge in [0.15, 0.2) is 5.78 Å². The van der Waals surface area contributed by atoms with Crippen LogP contribution in [0.5, 0.6) is 0 Å². The first-order valence-electron chi connectivity index (χ1n) is 14.6. The highest BCUT2D eigenvalue weighted by Gasteiger charge is 2.45. The first-order valence-corrected chi connectivity index (χ1v) is 16.8. The van der Waals surface area contributed by atoms with E-state index in [0.29, 0.717) is 24.4 Å². The molecule has 0 aliphatic heterocycles. The summed E-state index contributed by atoms with van der Waals surface area (Å²) in [5.74, 6) is 0.201. The van der Waals surface area contributed by atoms with Gasteiger partial charge < -0.3 is 9.84 Å². The lowest BCUT2D eigenvalue weighted by Gasteiger charge is -2.18. The van der Waals surface area contributed by atoms with Crippen LogP contribution in [0.25, 0.3) is 5.57 Å². The summed E-state index contributed by atoms with van der Waals surface area (Å²) in [7, 11) is 0. The molecule has 2 saturated carbocycles. The van der Waals surface area contributed by atoms with E-state index in [9.17, 15) is 19.5 Å². The van der Waals surface area contributed by atoms with Gasteiger partial charge in [-0.15, -0.1) is 0 Å². The van der Waals surface area contributed by atoms with Crippen molar-refractivity contribution in [3.8, 4) is 0 Å². The Morgan fingerprint density at radius 2 is 1.34 bits per heavy atom. The second-order valence-corrected chi connectivity index (χ2v) is 14.2. The van der Waals surface area contributed by atoms with E-state index in [-0.39, 0.29) is 41.2 Å². The third kappa shape index (κ3) is 6.92. The SMILES string of the molecule is CCOC(=O)C1CCCC1C(=O)Cc1c(C)cc(I)cc1C.Cc1cc(I)cc(C)c1C1=C(O)C2CCCC2C1=O. The van der Waals surface area contributed by atoms with Gasteiger partial charge >= 0.3 is 5.97 Å². The minimum absolute atomic E-state index is 0.0353. The highest BCUT2D eigenvalue weighted by molar-refractivity contribution is 14.1. The predicted molar refractivity (Wildman–Crippen MR) is 179 cm³/mol. The molecular weight excluding hydrogens is 742 g/mol. The van der Waals surface area contributed by atoms with Gasteiger partial charge in [0.1, 0.15) is 11.5 Å². The standard InChI is InChI=1S/C18H23IO3.C16H17IO2/c1-4-22-18(21)15-7-5-6-14(15)17(20)10-16-11(2)8-13(19)9-12(16)3;1-8-6-10(17)7-9(2)13(8)14-15(18)11-4-3-5-12(11)16(14)19/h8-9,14-15H,4-7,10H2,1-3H3;6-7,11-12,18H,3-5H2,1-2H3. The van der Waals surface area contributed by atoms with Crippen LogP contribution in [0.4, 0.5) is 0 Å². The molecule has 41 heavy (non-hydrogen) atoms. The Morgan fingerprint density at radius 1 is 0.829 bits per heavy atom. The fraction of sp³-hybridized carbons (Fsp3) is 0.500. The molecule has 4 atom stereocenters. The molecule has 0 saturated heterocycles. The lowest BCUT2D eigenvalue weighted by molar-refractivity contribution is -0.151. The maximum atomic E-state index is 12.7. The normalized spacial score (nSPS) is 23.3. The number of hydrogen-bond donors (Lipinski definition) is 1. The molecule has 0 amide bonds. The van der Waals surface area contributed by atoms with Crippen molar-refractivity contribution in [2.24, 2.45) is 23.7 Å². The zero-order valence-electron chi connectivity index (χ0n) is 24.6. The highest BCUT2D eigenvalue weighted by Crippen LogP contribution is 2.48. The van der Waals surface area contributed by atoms with Crippen LogP contribution in [0.2, 0.25) is 0 Å². The number of halogens is 2. The largest absolute Gasteiger partial charge is 0.511 e. The molecule has 220 valence electrons. The summed E-state index contributed by atoms with van der Waals surface area (Å²) in [5, 5.41) is 10.5. The topological polar surface area (TPSA) is 80.7 Å². The fourth-order valence-corrected chi connectivity index (χ4v) is 8.92. The van der Waals surface area contributed by atoms with Crippen molar-refractivity contribution >= 4 is 68.3 Å². The molecule has 0 bridgehead atoms. The summed E-state index contributed by atoms with van der Waals surface area (Å²) in [5.41, 5.74) is 7.14. The Kier molecular flexibility index (Phi) is 10.7. The summed E-state index contributed by atoms with van der Waals surface area (Å²) >= 11 is 4.58. The van der Waals surface area contributed by atoms with E-state index in [2.05, 4.69) is 83.3 Å². The van der Waals surface area contributed by atoms with Crippen molar-refractivity contribution in [3.05, 3.63) is 70.5 Å². The van der Waals surface area contributed by atoms with Crippen molar-refractivity contribution in [2.45, 2.75) is 79.6 Å². The van der Waals surface area contributed by atoms with Gasteiger partial charge in [-0.1, -0.05) is 12.8 Å². The van der Waals surface area contributed by atoms with E-state index in [0.717, 1.165) is 71.9 Å². The molecule has 2 aromatic carbocycles. The third-order valence-electron chi connectivity index (χ3n) is 8.98. The Balaban J connectivity index is 0.000000191. The smallest absolute Gasteiger partial charge is 0.309 e. The Labute approximate surface area is 271 Å². The maximum absolute atomic E-state index is 12.7. The molecule has 3 aliphatic carbocycles. The molecule has 5 rings (SSSR count). The summed E-state index contributed by atoms with van der Waals surface area (Å²) in [6, 6.07) is 8.36. The molecule has 0 radical (unpaired) electrons. The van der Waals surface area contributed by atoms with E-state index in [1.54, 1.807) is 0 Å². The predicted octanol–water partition coefficient (Wildman–Crippen LogP) is 8.18. The van der Waals surface area contributed by atoms with Crippen LogP contribution in [-0.2, 0) is 25.5 Å². The quantitative estimate of drug-likeness (QED) is 0.236. The second kappa shape index (κ2) is 13.7. The zero-order chi connectivity index (χ0) is 30.0. The van der Waals surface area contributed by atoms with Crippen LogP contribution < -0.4 is 0 Å². The van der Waals surface area contributed by atoms with Crippen molar-refractivity contribution in [3.63, 3.8) is 0 Å². The molecule has 4 unspecified atom stereocenters. The summed E-state index contributed by atoms with van der Waals surface area (Å²) in [6.07, 6.45) is 5.89. The third-order valence-corrected chi connectivity index (χ3v) is 10.2. The van der Waals surface area contributed by atoms with Crippen molar-refractivity contribution < 1.29 is 24.2 Å². The average molecular weight is 782 g/mol. The van der Waals surface area contributed by atoms with E-state index >= 15 is 0 Å². The molecule has 0 spiro atoms. The molecule has 0 aromatic heterocycles. The fourth-order valence-electron chi connectivity index (χ4n) is 7.06. The van der Waals surface area contributed by atoms with Gasteiger partial charge in [-0.25, -0.2) is 0 Å². The lowest BCUT2D eigenvalue weighted by atomic mass is 9.87. The summed E-state index contributed by atoms with van der Waals surface area (Å²) in [4.78, 5) is 37.3. The van der Waals surface area contributed by atoms with Gasteiger partial charge in [-0.2, -0.15) is 0 Å². The van der Waals surface area contributed by atoms with E-state index < -0.39 is 0 Å². The van der Waals surface area contributed by atoms with Gasteiger partial charge in [0.25, 0.3) is 0 Å². The first-order chi connectivity index (χ1) is 19.4. The molecule has 2 aromatic rings. The molecular formula is C34H40I2O5. The van der Waals surface area contributed by atoms with Crippen molar-refractivity contribution in [2.75, 3.05) is 6.61 Å². The highest BCUT2D eigenvalue weighted by atomic mass is 127. The molecule has 3 aliphatic rings. The summed E-state index contributed by atoms with van der Waals surface area (Å²) < 4.78 is 7.48. The van der Waals surface area contributed by atoms with Crippen LogP contribution in [0.15, 0.2) is 30.0 Å². The number of esters is 1. The maximum Gasteiger partial charge on any atom is 0.309 e. The van der Waals surface area contributed by atoms with Crippen molar-refractivity contribution in [1.29, 1.82) is 0 Å². The van der Waals surface area contributed by atoms with Crippen LogP contribution in [0.1, 0.15) is 78.8 Å². The van der Waals surface area contributed by atoms with Crippen LogP contribution >= 0.6 is 45.2 Å². The number of ketones is 2. The number of Topliss-reactive ketones (excluding diaryl/α,β-unsaturated/α-hetero) is 2. The number of allylic oxidation sites excluding steroid dienone is 2. The number of aryl methyl sites for hydroxylation is 4. The Bertz CT molecular complexity index is 1350. The number of aliphatic hydroxyl groups is 1. The molecule has 7 heteroatoms. The number of benzene rings is 2. The van der Waals surface area contributed by atoms with E-state index in [1.807, 2.05) is 20.8 Å².